The Morgan fingerprint density at radius 3 is 2.43 bits per heavy atom. The summed E-state index contributed by atoms with van der Waals surface area (Å²) in [6, 6.07) is 21.9. The third-order valence-corrected chi connectivity index (χ3v) is 6.21. The Morgan fingerprint density at radius 2 is 1.70 bits per heavy atom. The number of hydrogen-bond acceptors (Lipinski definition) is 5. The number of aromatic nitrogens is 1. The first-order valence-corrected chi connectivity index (χ1v) is 11.0. The van der Waals surface area contributed by atoms with Crippen molar-refractivity contribution in [2.45, 2.75) is 16.5 Å². The minimum atomic E-state index is -0.0578. The van der Waals surface area contributed by atoms with Crippen LogP contribution in [0.2, 0.25) is 0 Å². The number of carbonyl (C=O) groups excluding carboxylic acids is 1. The number of hydrogen-bond donors (Lipinski definition) is 1. The number of pyridine rings is 1. The highest BCUT2D eigenvalue weighted by Crippen LogP contribution is 2.26. The van der Waals surface area contributed by atoms with Crippen LogP contribution in [0, 0.1) is 0 Å². The molecule has 1 aliphatic rings. The van der Waals surface area contributed by atoms with Crippen LogP contribution in [-0.4, -0.2) is 49.0 Å². The van der Waals surface area contributed by atoms with Crippen molar-refractivity contribution in [3.8, 4) is 0 Å². The standard InChI is InChI=1S/C24H26N4OS/c1-27-14-16-28(17-15-27)22-7-3-2-6-20(22)18-26-24(29)19-9-11-21(12-10-19)30-23-8-4-5-13-25-23/h2-13H,14-18H2,1H3,(H,26,29). The molecule has 0 unspecified atom stereocenters. The van der Waals surface area contributed by atoms with Gasteiger partial charge < -0.3 is 15.1 Å². The molecule has 1 aromatic heterocycles. The molecule has 2 heterocycles. The van der Waals surface area contributed by atoms with E-state index in [4.69, 9.17) is 0 Å². The Balaban J connectivity index is 1.37. The average Bonchev–Trinajstić information content (AvgIpc) is 2.79. The van der Waals surface area contributed by atoms with Crippen LogP contribution < -0.4 is 10.2 Å². The van der Waals surface area contributed by atoms with Crippen molar-refractivity contribution >= 4 is 23.4 Å². The van der Waals surface area contributed by atoms with Crippen LogP contribution in [0.4, 0.5) is 5.69 Å². The highest BCUT2D eigenvalue weighted by Gasteiger charge is 2.17. The number of anilines is 1. The summed E-state index contributed by atoms with van der Waals surface area (Å²) in [4.78, 5) is 22.8. The van der Waals surface area contributed by atoms with E-state index >= 15 is 0 Å². The van der Waals surface area contributed by atoms with Crippen molar-refractivity contribution in [3.05, 3.63) is 84.1 Å². The topological polar surface area (TPSA) is 48.5 Å². The van der Waals surface area contributed by atoms with E-state index in [9.17, 15) is 4.79 Å². The van der Waals surface area contributed by atoms with Crippen LogP contribution >= 0.6 is 11.8 Å². The van der Waals surface area contributed by atoms with Gasteiger partial charge in [0.05, 0.1) is 0 Å². The molecule has 0 bridgehead atoms. The van der Waals surface area contributed by atoms with Gasteiger partial charge in [0.25, 0.3) is 5.91 Å². The van der Waals surface area contributed by atoms with Gasteiger partial charge >= 0.3 is 0 Å². The van der Waals surface area contributed by atoms with E-state index in [2.05, 4.69) is 45.3 Å². The fourth-order valence-electron chi connectivity index (χ4n) is 3.50. The number of amides is 1. The zero-order chi connectivity index (χ0) is 20.8. The van der Waals surface area contributed by atoms with Gasteiger partial charge in [0.2, 0.25) is 0 Å². The molecule has 0 aliphatic carbocycles. The molecule has 3 aromatic rings. The zero-order valence-corrected chi connectivity index (χ0v) is 17.9. The zero-order valence-electron chi connectivity index (χ0n) is 17.1. The van der Waals surface area contributed by atoms with Crippen molar-refractivity contribution in [2.75, 3.05) is 38.1 Å². The van der Waals surface area contributed by atoms with E-state index in [1.165, 1.54) is 5.69 Å². The normalized spacial score (nSPS) is 14.5. The fraction of sp³-hybridized carbons (Fsp3) is 0.250. The van der Waals surface area contributed by atoms with Gasteiger partial charge in [-0.25, -0.2) is 4.98 Å². The number of para-hydroxylation sites is 1. The van der Waals surface area contributed by atoms with Crippen LogP contribution in [-0.2, 0) is 6.54 Å². The number of piperazine rings is 1. The number of carbonyl (C=O) groups is 1. The summed E-state index contributed by atoms with van der Waals surface area (Å²) in [5.41, 5.74) is 3.03. The lowest BCUT2D eigenvalue weighted by Crippen LogP contribution is -2.45. The Labute approximate surface area is 182 Å². The van der Waals surface area contributed by atoms with Crippen molar-refractivity contribution < 1.29 is 4.79 Å². The first kappa shape index (κ1) is 20.4. The maximum absolute atomic E-state index is 12.7. The molecule has 1 saturated heterocycles. The van der Waals surface area contributed by atoms with Crippen molar-refractivity contribution in [1.29, 1.82) is 0 Å². The van der Waals surface area contributed by atoms with Gasteiger partial charge in [-0.3, -0.25) is 4.79 Å². The molecule has 0 radical (unpaired) electrons. The molecule has 4 rings (SSSR count). The lowest BCUT2D eigenvalue weighted by atomic mass is 10.1. The molecular formula is C24H26N4OS. The number of rotatable bonds is 6. The van der Waals surface area contributed by atoms with E-state index in [-0.39, 0.29) is 5.91 Å². The highest BCUT2D eigenvalue weighted by atomic mass is 32.2. The van der Waals surface area contributed by atoms with Gasteiger partial charge in [-0.05, 0) is 55.1 Å². The number of likely N-dealkylation sites (N-methyl/N-ethyl adjacent to an activating group) is 1. The monoisotopic (exact) mass is 418 g/mol. The van der Waals surface area contributed by atoms with Gasteiger partial charge in [0.15, 0.2) is 0 Å². The van der Waals surface area contributed by atoms with E-state index in [0.717, 1.165) is 41.7 Å². The summed E-state index contributed by atoms with van der Waals surface area (Å²) in [6.45, 7) is 4.66. The van der Waals surface area contributed by atoms with Crippen LogP contribution in [0.25, 0.3) is 0 Å². The lowest BCUT2D eigenvalue weighted by Gasteiger charge is -2.35. The second-order valence-corrected chi connectivity index (χ2v) is 8.49. The number of nitrogens with one attached hydrogen (secondary N) is 1. The van der Waals surface area contributed by atoms with Gasteiger partial charge in [-0.1, -0.05) is 36.0 Å². The second kappa shape index (κ2) is 9.78. The minimum absolute atomic E-state index is 0.0578. The molecule has 5 nitrogen and oxygen atoms in total. The summed E-state index contributed by atoms with van der Waals surface area (Å²) >= 11 is 1.58. The molecular weight excluding hydrogens is 392 g/mol. The summed E-state index contributed by atoms with van der Waals surface area (Å²) in [5.74, 6) is -0.0578. The smallest absolute Gasteiger partial charge is 0.251 e. The number of benzene rings is 2. The third kappa shape index (κ3) is 5.20. The van der Waals surface area contributed by atoms with E-state index in [1.807, 2.05) is 48.5 Å². The predicted octanol–water partition coefficient (Wildman–Crippen LogP) is 3.91. The summed E-state index contributed by atoms with van der Waals surface area (Å²) in [7, 11) is 2.16. The quantitative estimate of drug-likeness (QED) is 0.658. The molecule has 0 spiro atoms. The summed E-state index contributed by atoms with van der Waals surface area (Å²) < 4.78 is 0. The first-order valence-electron chi connectivity index (χ1n) is 10.2. The van der Waals surface area contributed by atoms with Gasteiger partial charge in [0.1, 0.15) is 5.03 Å². The SMILES string of the molecule is CN1CCN(c2ccccc2CNC(=O)c2ccc(Sc3ccccn3)cc2)CC1. The van der Waals surface area contributed by atoms with Crippen LogP contribution in [0.5, 0.6) is 0 Å². The fourth-order valence-corrected chi connectivity index (χ4v) is 4.27. The molecule has 1 amide bonds. The van der Waals surface area contributed by atoms with Gasteiger partial charge in [0, 0.05) is 55.1 Å². The molecule has 6 heteroatoms. The second-order valence-electron chi connectivity index (χ2n) is 7.40. The molecule has 0 saturated carbocycles. The molecule has 30 heavy (non-hydrogen) atoms. The molecule has 1 N–H and O–H groups in total. The van der Waals surface area contributed by atoms with Crippen molar-refractivity contribution in [2.24, 2.45) is 0 Å². The average molecular weight is 419 g/mol. The van der Waals surface area contributed by atoms with Crippen molar-refractivity contribution in [3.63, 3.8) is 0 Å². The molecule has 0 atom stereocenters. The summed E-state index contributed by atoms with van der Waals surface area (Å²) in [6.07, 6.45) is 1.78. The molecule has 1 fully saturated rings. The Bertz CT molecular complexity index is 970. The maximum Gasteiger partial charge on any atom is 0.251 e. The first-order chi connectivity index (χ1) is 14.7. The largest absolute Gasteiger partial charge is 0.369 e. The summed E-state index contributed by atoms with van der Waals surface area (Å²) in [5, 5.41) is 4.02. The van der Waals surface area contributed by atoms with E-state index in [1.54, 1.807) is 18.0 Å². The number of nitrogens with zero attached hydrogens (tertiary/aromatic N) is 3. The Morgan fingerprint density at radius 1 is 0.967 bits per heavy atom. The highest BCUT2D eigenvalue weighted by molar-refractivity contribution is 7.99. The van der Waals surface area contributed by atoms with Crippen LogP contribution in [0.15, 0.2) is 82.8 Å². The molecule has 154 valence electrons. The van der Waals surface area contributed by atoms with Gasteiger partial charge in [-0.15, -0.1) is 0 Å². The maximum atomic E-state index is 12.7. The van der Waals surface area contributed by atoms with E-state index < -0.39 is 0 Å². The van der Waals surface area contributed by atoms with Crippen LogP contribution in [0.3, 0.4) is 0 Å². The Hall–Kier alpha value is -2.83. The predicted molar refractivity (Wildman–Crippen MR) is 122 cm³/mol. The van der Waals surface area contributed by atoms with Crippen LogP contribution in [0.1, 0.15) is 15.9 Å². The Kier molecular flexibility index (Phi) is 6.67. The third-order valence-electron chi connectivity index (χ3n) is 5.25. The van der Waals surface area contributed by atoms with Gasteiger partial charge in [-0.2, -0.15) is 0 Å². The molecule has 1 aliphatic heterocycles. The minimum Gasteiger partial charge on any atom is -0.369 e. The molecule has 2 aromatic carbocycles. The lowest BCUT2D eigenvalue weighted by molar-refractivity contribution is 0.0951. The van der Waals surface area contributed by atoms with Crippen molar-refractivity contribution in [1.82, 2.24) is 15.2 Å². The van der Waals surface area contributed by atoms with E-state index in [0.29, 0.717) is 12.1 Å².